The van der Waals surface area contributed by atoms with Gasteiger partial charge in [-0.15, -0.1) is 0 Å². The molecule has 21 heavy (non-hydrogen) atoms. The van der Waals surface area contributed by atoms with Crippen molar-refractivity contribution >= 4 is 23.4 Å². The number of nitrogens with zero attached hydrogens (tertiary/aromatic N) is 1. The number of benzene rings is 1. The maximum atomic E-state index is 12.2. The number of nitrogens with one attached hydrogen (secondary N) is 1. The summed E-state index contributed by atoms with van der Waals surface area (Å²) in [5, 5.41) is 3.18. The van der Waals surface area contributed by atoms with Crippen LogP contribution in [0, 0.1) is 0 Å². The first kappa shape index (κ1) is 17.3. The van der Waals surface area contributed by atoms with Gasteiger partial charge in [-0.05, 0) is 26.0 Å². The van der Waals surface area contributed by atoms with Gasteiger partial charge in [0.15, 0.2) is 0 Å². The average molecular weight is 313 g/mol. The van der Waals surface area contributed by atoms with Crippen LogP contribution >= 0.6 is 11.6 Å². The Labute approximate surface area is 130 Å². The van der Waals surface area contributed by atoms with Crippen LogP contribution in [-0.2, 0) is 16.0 Å². The van der Waals surface area contributed by atoms with Crippen LogP contribution < -0.4 is 10.1 Å². The summed E-state index contributed by atoms with van der Waals surface area (Å²) >= 11 is 6.10. The van der Waals surface area contributed by atoms with Gasteiger partial charge >= 0.3 is 0 Å². The number of amides is 2. The SMILES string of the molecule is COc1cccc(Cl)c1CC(=O)NC(C)(C)C(=O)N(C)C. The number of rotatable bonds is 5. The first-order chi connectivity index (χ1) is 9.69. The summed E-state index contributed by atoms with van der Waals surface area (Å²) in [6.07, 6.45) is 0.0486. The van der Waals surface area contributed by atoms with E-state index in [1.54, 1.807) is 46.1 Å². The fraction of sp³-hybridized carbons (Fsp3) is 0.467. The van der Waals surface area contributed by atoms with E-state index in [9.17, 15) is 9.59 Å². The molecule has 1 N–H and O–H groups in total. The van der Waals surface area contributed by atoms with Gasteiger partial charge in [0.2, 0.25) is 11.8 Å². The standard InChI is InChI=1S/C15H21ClN2O3/c1-15(2,14(20)18(3)4)17-13(19)9-10-11(16)7-6-8-12(10)21-5/h6-8H,9H2,1-5H3,(H,17,19). The molecule has 0 saturated carbocycles. The van der Waals surface area contributed by atoms with E-state index in [2.05, 4.69) is 5.32 Å². The van der Waals surface area contributed by atoms with Gasteiger partial charge in [-0.25, -0.2) is 0 Å². The quantitative estimate of drug-likeness (QED) is 0.903. The van der Waals surface area contributed by atoms with Crippen LogP contribution in [0.25, 0.3) is 0 Å². The minimum Gasteiger partial charge on any atom is -0.496 e. The third kappa shape index (κ3) is 4.36. The molecule has 0 bridgehead atoms. The Bertz CT molecular complexity index is 542. The van der Waals surface area contributed by atoms with E-state index in [-0.39, 0.29) is 18.2 Å². The molecule has 0 saturated heterocycles. The van der Waals surface area contributed by atoms with Crippen molar-refractivity contribution in [2.75, 3.05) is 21.2 Å². The molecular formula is C15H21ClN2O3. The Balaban J connectivity index is 2.86. The second kappa shape index (κ2) is 6.80. The van der Waals surface area contributed by atoms with Gasteiger partial charge in [0.1, 0.15) is 11.3 Å². The van der Waals surface area contributed by atoms with Crippen LogP contribution in [0.3, 0.4) is 0 Å². The van der Waals surface area contributed by atoms with Gasteiger partial charge in [0.25, 0.3) is 0 Å². The highest BCUT2D eigenvalue weighted by molar-refractivity contribution is 6.31. The lowest BCUT2D eigenvalue weighted by molar-refractivity contribution is -0.138. The molecule has 0 aromatic heterocycles. The number of methoxy groups -OCH3 is 1. The van der Waals surface area contributed by atoms with Gasteiger partial charge in [-0.3, -0.25) is 9.59 Å². The summed E-state index contributed by atoms with van der Waals surface area (Å²) in [6, 6.07) is 5.19. The molecule has 0 aliphatic heterocycles. The van der Waals surface area contributed by atoms with E-state index in [0.717, 1.165) is 0 Å². The van der Waals surface area contributed by atoms with Crippen molar-refractivity contribution in [2.24, 2.45) is 0 Å². The van der Waals surface area contributed by atoms with Crippen LogP contribution in [0.15, 0.2) is 18.2 Å². The molecule has 1 rings (SSSR count). The lowest BCUT2D eigenvalue weighted by atomic mass is 10.0. The third-order valence-corrected chi connectivity index (χ3v) is 3.38. The van der Waals surface area contributed by atoms with Crippen LogP contribution in [0.5, 0.6) is 5.75 Å². The molecule has 0 atom stereocenters. The van der Waals surface area contributed by atoms with E-state index in [4.69, 9.17) is 16.3 Å². The van der Waals surface area contributed by atoms with E-state index in [1.165, 1.54) is 12.0 Å². The van der Waals surface area contributed by atoms with Crippen molar-refractivity contribution in [3.63, 3.8) is 0 Å². The minimum atomic E-state index is -0.977. The summed E-state index contributed by atoms with van der Waals surface area (Å²) in [7, 11) is 4.81. The summed E-state index contributed by atoms with van der Waals surface area (Å²) in [5.41, 5.74) is -0.373. The van der Waals surface area contributed by atoms with E-state index < -0.39 is 5.54 Å². The van der Waals surface area contributed by atoms with Crippen LogP contribution in [0.1, 0.15) is 19.4 Å². The molecule has 0 aliphatic rings. The number of halogens is 1. The normalized spacial score (nSPS) is 11.0. The molecule has 1 aromatic rings. The highest BCUT2D eigenvalue weighted by atomic mass is 35.5. The molecular weight excluding hydrogens is 292 g/mol. The van der Waals surface area contributed by atoms with Gasteiger partial charge in [-0.1, -0.05) is 17.7 Å². The summed E-state index contributed by atoms with van der Waals surface area (Å²) in [5.74, 6) is 0.0814. The molecule has 0 spiro atoms. The highest BCUT2D eigenvalue weighted by Gasteiger charge is 2.31. The van der Waals surface area contributed by atoms with Crippen LogP contribution in [0.4, 0.5) is 0 Å². The molecule has 0 heterocycles. The fourth-order valence-electron chi connectivity index (χ4n) is 2.07. The Hall–Kier alpha value is -1.75. The Morgan fingerprint density at radius 3 is 2.48 bits per heavy atom. The molecule has 6 heteroatoms. The molecule has 0 fully saturated rings. The molecule has 2 amide bonds. The van der Waals surface area contributed by atoms with Gasteiger partial charge < -0.3 is 15.0 Å². The number of carbonyl (C=O) groups excluding carboxylic acids is 2. The molecule has 116 valence electrons. The lowest BCUT2D eigenvalue weighted by Gasteiger charge is -2.28. The van der Waals surface area contributed by atoms with Gasteiger partial charge in [-0.2, -0.15) is 0 Å². The summed E-state index contributed by atoms with van der Waals surface area (Å²) < 4.78 is 5.20. The Morgan fingerprint density at radius 2 is 1.95 bits per heavy atom. The first-order valence-electron chi connectivity index (χ1n) is 6.53. The number of hydrogen-bond acceptors (Lipinski definition) is 3. The monoisotopic (exact) mass is 312 g/mol. The molecule has 0 unspecified atom stereocenters. The Morgan fingerprint density at radius 1 is 1.33 bits per heavy atom. The minimum absolute atomic E-state index is 0.0486. The number of likely N-dealkylation sites (N-methyl/N-ethyl adjacent to an activating group) is 1. The van der Waals surface area contributed by atoms with Crippen molar-refractivity contribution in [1.29, 1.82) is 0 Å². The Kier molecular flexibility index (Phi) is 5.61. The van der Waals surface area contributed by atoms with Gasteiger partial charge in [0, 0.05) is 24.7 Å². The van der Waals surface area contributed by atoms with E-state index >= 15 is 0 Å². The largest absolute Gasteiger partial charge is 0.496 e. The zero-order valence-corrected chi connectivity index (χ0v) is 13.7. The maximum Gasteiger partial charge on any atom is 0.247 e. The third-order valence-electron chi connectivity index (χ3n) is 3.03. The zero-order chi connectivity index (χ0) is 16.2. The maximum absolute atomic E-state index is 12.2. The fourth-order valence-corrected chi connectivity index (χ4v) is 2.30. The number of carbonyl (C=O) groups is 2. The van der Waals surface area contributed by atoms with Crippen molar-refractivity contribution in [2.45, 2.75) is 25.8 Å². The molecule has 0 aliphatic carbocycles. The lowest BCUT2D eigenvalue weighted by Crippen LogP contribution is -2.54. The van der Waals surface area contributed by atoms with E-state index in [0.29, 0.717) is 16.3 Å². The zero-order valence-electron chi connectivity index (χ0n) is 13.0. The molecule has 1 aromatic carbocycles. The van der Waals surface area contributed by atoms with Crippen molar-refractivity contribution in [3.05, 3.63) is 28.8 Å². The number of hydrogen-bond donors (Lipinski definition) is 1. The van der Waals surface area contributed by atoms with Gasteiger partial charge in [0.05, 0.1) is 13.5 Å². The average Bonchev–Trinajstić information content (AvgIpc) is 2.39. The molecule has 0 radical (unpaired) electrons. The predicted octanol–water partition coefficient (Wildman–Crippen LogP) is 1.87. The summed E-state index contributed by atoms with van der Waals surface area (Å²) in [6.45, 7) is 3.33. The predicted molar refractivity (Wildman–Crippen MR) is 82.6 cm³/mol. The van der Waals surface area contributed by atoms with Crippen LogP contribution in [0.2, 0.25) is 5.02 Å². The first-order valence-corrected chi connectivity index (χ1v) is 6.91. The van der Waals surface area contributed by atoms with Crippen molar-refractivity contribution in [1.82, 2.24) is 10.2 Å². The van der Waals surface area contributed by atoms with E-state index in [1.807, 2.05) is 0 Å². The van der Waals surface area contributed by atoms with Crippen LogP contribution in [-0.4, -0.2) is 43.5 Å². The number of ether oxygens (including phenoxy) is 1. The second-order valence-corrected chi connectivity index (χ2v) is 5.88. The topological polar surface area (TPSA) is 58.6 Å². The smallest absolute Gasteiger partial charge is 0.247 e. The highest BCUT2D eigenvalue weighted by Crippen LogP contribution is 2.26. The second-order valence-electron chi connectivity index (χ2n) is 5.47. The van der Waals surface area contributed by atoms with Crippen molar-refractivity contribution in [3.8, 4) is 5.75 Å². The summed E-state index contributed by atoms with van der Waals surface area (Å²) in [4.78, 5) is 25.6. The van der Waals surface area contributed by atoms with Crippen molar-refractivity contribution < 1.29 is 14.3 Å². The molecule has 5 nitrogen and oxygen atoms in total.